The zero-order valence-corrected chi connectivity index (χ0v) is 19.6. The van der Waals surface area contributed by atoms with E-state index in [-0.39, 0.29) is 41.6 Å². The fourth-order valence-corrected chi connectivity index (χ4v) is 5.06. The Bertz CT molecular complexity index is 1180. The number of anilines is 1. The van der Waals surface area contributed by atoms with Crippen LogP contribution in [0.25, 0.3) is 0 Å². The van der Waals surface area contributed by atoms with Gasteiger partial charge in [-0.15, -0.1) is 11.8 Å². The Morgan fingerprint density at radius 2 is 1.91 bits per heavy atom. The number of carboxylic acids is 1. The summed E-state index contributed by atoms with van der Waals surface area (Å²) in [7, 11) is 1.57. The Hall–Kier alpha value is -3.83. The number of carbonyl (C=O) groups excluding carboxylic acids is 3. The van der Waals surface area contributed by atoms with E-state index in [1.807, 2.05) is 24.3 Å². The first-order valence-electron chi connectivity index (χ1n) is 10.8. The van der Waals surface area contributed by atoms with Crippen LogP contribution in [0.2, 0.25) is 0 Å². The summed E-state index contributed by atoms with van der Waals surface area (Å²) in [5.41, 5.74) is 2.08. The van der Waals surface area contributed by atoms with Crippen molar-refractivity contribution >= 4 is 41.1 Å². The maximum atomic E-state index is 12.8. The van der Waals surface area contributed by atoms with Crippen LogP contribution < -0.4 is 26.0 Å². The molecule has 10 nitrogen and oxygen atoms in total. The highest BCUT2D eigenvalue weighted by atomic mass is 32.2. The smallest absolute Gasteiger partial charge is 0.335 e. The van der Waals surface area contributed by atoms with Gasteiger partial charge in [-0.2, -0.15) is 0 Å². The minimum absolute atomic E-state index is 0.00332. The summed E-state index contributed by atoms with van der Waals surface area (Å²) in [5.74, 6) is -1.97. The first-order valence-corrected chi connectivity index (χ1v) is 11.7. The molecule has 0 radical (unpaired) electrons. The second-order valence-corrected chi connectivity index (χ2v) is 9.03. The van der Waals surface area contributed by atoms with Crippen LogP contribution in [0.1, 0.15) is 22.3 Å². The molecule has 2 aliphatic rings. The summed E-state index contributed by atoms with van der Waals surface area (Å²) in [6.07, 6.45) is -0.896. The minimum atomic E-state index is -1.05. The number of thioether (sulfide) groups is 1. The summed E-state index contributed by atoms with van der Waals surface area (Å²) in [6, 6.07) is 13.1. The summed E-state index contributed by atoms with van der Waals surface area (Å²) < 4.78 is 5.18. The largest absolute Gasteiger partial charge is 0.497 e. The number of aromatic carboxylic acids is 1. The Labute approximate surface area is 205 Å². The van der Waals surface area contributed by atoms with Gasteiger partial charge < -0.3 is 25.8 Å². The van der Waals surface area contributed by atoms with Gasteiger partial charge in [0, 0.05) is 18.7 Å². The van der Waals surface area contributed by atoms with Crippen molar-refractivity contribution in [2.45, 2.75) is 24.5 Å². The van der Waals surface area contributed by atoms with E-state index in [0.717, 1.165) is 5.56 Å². The third-order valence-corrected chi connectivity index (χ3v) is 6.75. The van der Waals surface area contributed by atoms with Crippen LogP contribution in [0, 0.1) is 5.92 Å². The first-order chi connectivity index (χ1) is 16.8. The maximum Gasteiger partial charge on any atom is 0.335 e. The average Bonchev–Trinajstić information content (AvgIpc) is 3.25. The predicted octanol–water partition coefficient (Wildman–Crippen LogP) is 1.66. The number of amides is 3. The van der Waals surface area contributed by atoms with Crippen molar-refractivity contribution in [3.05, 3.63) is 70.6 Å². The van der Waals surface area contributed by atoms with Crippen molar-refractivity contribution in [1.82, 2.24) is 16.0 Å². The van der Waals surface area contributed by atoms with Crippen molar-refractivity contribution in [2.24, 2.45) is 5.92 Å². The van der Waals surface area contributed by atoms with Crippen molar-refractivity contribution in [3.63, 3.8) is 0 Å². The van der Waals surface area contributed by atoms with Gasteiger partial charge in [-0.25, -0.2) is 4.79 Å². The van der Waals surface area contributed by atoms with Gasteiger partial charge in [0.2, 0.25) is 11.8 Å². The van der Waals surface area contributed by atoms with Crippen LogP contribution in [0.4, 0.5) is 5.69 Å². The molecular weight excluding hydrogens is 472 g/mol. The molecule has 2 aromatic rings. The van der Waals surface area contributed by atoms with Crippen LogP contribution in [-0.4, -0.2) is 47.4 Å². The van der Waals surface area contributed by atoms with Crippen molar-refractivity contribution in [1.29, 1.82) is 0 Å². The third kappa shape index (κ3) is 5.81. The molecule has 2 aliphatic heterocycles. The molecule has 1 saturated heterocycles. The van der Waals surface area contributed by atoms with Gasteiger partial charge >= 0.3 is 5.97 Å². The number of rotatable bonds is 8. The highest BCUT2D eigenvalue weighted by Crippen LogP contribution is 2.38. The van der Waals surface area contributed by atoms with Gasteiger partial charge in [0.1, 0.15) is 5.75 Å². The molecule has 0 aliphatic carbocycles. The topological polar surface area (TPSA) is 146 Å². The number of nitrogens with one attached hydrogen (secondary N) is 4. The number of methoxy groups -OCH3 is 1. The van der Waals surface area contributed by atoms with Gasteiger partial charge in [-0.1, -0.05) is 12.1 Å². The third-order valence-electron chi connectivity index (χ3n) is 5.61. The lowest BCUT2D eigenvalue weighted by Crippen LogP contribution is -2.64. The van der Waals surface area contributed by atoms with E-state index in [9.17, 15) is 19.2 Å². The molecule has 3 unspecified atom stereocenters. The van der Waals surface area contributed by atoms with Gasteiger partial charge in [0.05, 0.1) is 24.0 Å². The lowest BCUT2D eigenvalue weighted by Gasteiger charge is -2.33. The predicted molar refractivity (Wildman–Crippen MR) is 130 cm³/mol. The zero-order chi connectivity index (χ0) is 24.9. The van der Waals surface area contributed by atoms with Crippen molar-refractivity contribution < 1.29 is 29.0 Å². The van der Waals surface area contributed by atoms with Gasteiger partial charge in [-0.05, 0) is 52.9 Å². The molecule has 3 atom stereocenters. The number of fused-ring (bicyclic) bond motifs is 1. The molecule has 2 aromatic carbocycles. The van der Waals surface area contributed by atoms with Crippen LogP contribution in [0.15, 0.2) is 59.5 Å². The normalized spacial score (nSPS) is 20.8. The molecule has 0 bridgehead atoms. The van der Waals surface area contributed by atoms with E-state index in [4.69, 9.17) is 9.84 Å². The van der Waals surface area contributed by atoms with E-state index in [2.05, 4.69) is 21.3 Å². The number of hydrogen-bond acceptors (Lipinski definition) is 7. The van der Waals surface area contributed by atoms with Gasteiger partial charge in [0.25, 0.3) is 5.91 Å². The Morgan fingerprint density at radius 1 is 1.14 bits per heavy atom. The molecule has 4 rings (SSSR count). The van der Waals surface area contributed by atoms with Gasteiger partial charge in [-0.3, -0.25) is 19.7 Å². The number of carboxylic acid groups (broad SMARTS) is 1. The molecule has 1 fully saturated rings. The quantitative estimate of drug-likeness (QED) is 0.371. The number of carbonyl (C=O) groups is 4. The molecule has 0 spiro atoms. The Morgan fingerprint density at radius 3 is 2.63 bits per heavy atom. The molecular formula is C24H24N4O6S. The van der Waals surface area contributed by atoms with E-state index in [1.54, 1.807) is 12.5 Å². The summed E-state index contributed by atoms with van der Waals surface area (Å²) in [5, 5.41) is 21.7. The summed E-state index contributed by atoms with van der Waals surface area (Å²) in [4.78, 5) is 48.9. The monoisotopic (exact) mass is 496 g/mol. The lowest BCUT2D eigenvalue weighted by atomic mass is 9.94. The fraction of sp³-hybridized carbons (Fsp3) is 0.250. The molecule has 0 aromatic heterocycles. The molecule has 35 heavy (non-hydrogen) atoms. The lowest BCUT2D eigenvalue weighted by molar-refractivity contribution is -0.134. The molecule has 5 N–H and O–H groups in total. The number of benzene rings is 2. The summed E-state index contributed by atoms with van der Waals surface area (Å²) >= 11 is 1.36. The van der Waals surface area contributed by atoms with Crippen molar-refractivity contribution in [3.8, 4) is 5.75 Å². The second kappa shape index (κ2) is 10.6. The molecule has 0 saturated carbocycles. The zero-order valence-electron chi connectivity index (χ0n) is 18.7. The van der Waals surface area contributed by atoms with Crippen LogP contribution >= 0.6 is 11.8 Å². The molecule has 3 amide bonds. The van der Waals surface area contributed by atoms with Crippen LogP contribution in [0.5, 0.6) is 5.75 Å². The number of hydrogen-bond donors (Lipinski definition) is 5. The SMILES string of the molecule is COc1cccc(CNC(=O)C2NC(=O)C3C(CC(=O)Nc4ccc(C(=O)O)cc4)=CSC3N2)c1. The average molecular weight is 497 g/mol. The van der Waals surface area contributed by atoms with Crippen molar-refractivity contribution in [2.75, 3.05) is 12.4 Å². The molecule has 2 heterocycles. The highest BCUT2D eigenvalue weighted by molar-refractivity contribution is 8.03. The first kappa shape index (κ1) is 24.3. The van der Waals surface area contributed by atoms with E-state index < -0.39 is 18.1 Å². The Balaban J connectivity index is 1.29. The summed E-state index contributed by atoms with van der Waals surface area (Å²) in [6.45, 7) is 0.280. The van der Waals surface area contributed by atoms with Crippen LogP contribution in [0.3, 0.4) is 0 Å². The van der Waals surface area contributed by atoms with E-state index in [0.29, 0.717) is 17.0 Å². The Kier molecular flexibility index (Phi) is 7.37. The number of ether oxygens (including phenoxy) is 1. The van der Waals surface area contributed by atoms with Gasteiger partial charge in [0.15, 0.2) is 6.17 Å². The molecule has 182 valence electrons. The van der Waals surface area contributed by atoms with E-state index >= 15 is 0 Å². The van der Waals surface area contributed by atoms with Crippen LogP contribution in [-0.2, 0) is 20.9 Å². The fourth-order valence-electron chi connectivity index (χ4n) is 3.84. The molecule has 11 heteroatoms. The van der Waals surface area contributed by atoms with E-state index in [1.165, 1.54) is 36.0 Å². The standard InChI is InChI=1S/C24H24N4O6S/c1-34-17-4-2-3-13(9-17)11-25-22(31)20-27-21(30)19-15(12-35-23(19)28-20)10-18(29)26-16-7-5-14(6-8-16)24(32)33/h2-9,12,19-20,23,28H,10-11H2,1H3,(H,25,31)(H,26,29)(H,27,30)(H,32,33). The second-order valence-electron chi connectivity index (χ2n) is 8.01. The maximum absolute atomic E-state index is 12.8. The highest BCUT2D eigenvalue weighted by Gasteiger charge is 2.43. The minimum Gasteiger partial charge on any atom is -0.497 e.